The second-order valence-electron chi connectivity index (χ2n) is 5.49. The number of nitrogens with one attached hydrogen (secondary N) is 1. The van der Waals surface area contributed by atoms with Crippen LogP contribution in [0.25, 0.3) is 0 Å². The van der Waals surface area contributed by atoms with Gasteiger partial charge in [-0.05, 0) is 24.5 Å². The fourth-order valence-corrected chi connectivity index (χ4v) is 3.37. The third kappa shape index (κ3) is 5.12. The minimum Gasteiger partial charge on any atom is -0.353 e. The van der Waals surface area contributed by atoms with Crippen LogP contribution < -0.4 is 5.32 Å². The van der Waals surface area contributed by atoms with E-state index in [1.165, 1.54) is 6.07 Å². The number of carbonyl (C=O) groups is 1. The van der Waals surface area contributed by atoms with Gasteiger partial charge in [0, 0.05) is 21.6 Å². The van der Waals surface area contributed by atoms with Gasteiger partial charge in [-0.1, -0.05) is 20.8 Å². The molecule has 1 heterocycles. The molecule has 0 spiro atoms. The van der Waals surface area contributed by atoms with E-state index in [1.54, 1.807) is 6.07 Å². The highest BCUT2D eigenvalue weighted by molar-refractivity contribution is 8.15. The zero-order valence-corrected chi connectivity index (χ0v) is 13.7. The van der Waals surface area contributed by atoms with Gasteiger partial charge in [0.25, 0.3) is 9.05 Å². The maximum absolute atomic E-state index is 11.8. The average molecular weight is 324 g/mol. The SMILES string of the molecule is CC(NC(=O)Cc1ccc(S(=O)(=O)Cl)s1)C(C)(C)C. The molecule has 0 bridgehead atoms. The van der Waals surface area contributed by atoms with Gasteiger partial charge < -0.3 is 5.32 Å². The minimum absolute atomic E-state index is 0.0181. The Hall–Kier alpha value is -0.590. The third-order valence-corrected chi connectivity index (χ3v) is 6.07. The number of amides is 1. The molecule has 0 aliphatic carbocycles. The van der Waals surface area contributed by atoms with Crippen LogP contribution in [0.1, 0.15) is 32.6 Å². The summed E-state index contributed by atoms with van der Waals surface area (Å²) in [5, 5.41) is 2.90. The van der Waals surface area contributed by atoms with E-state index in [2.05, 4.69) is 5.32 Å². The predicted molar refractivity (Wildman–Crippen MR) is 78.1 cm³/mol. The molecule has 0 aliphatic heterocycles. The Morgan fingerprint density at radius 3 is 2.42 bits per heavy atom. The zero-order valence-electron chi connectivity index (χ0n) is 11.4. The van der Waals surface area contributed by atoms with Gasteiger partial charge in [0.2, 0.25) is 5.91 Å². The Morgan fingerprint density at radius 1 is 1.42 bits per heavy atom. The zero-order chi connectivity index (χ0) is 14.8. The first kappa shape index (κ1) is 16.5. The molecule has 0 saturated heterocycles. The largest absolute Gasteiger partial charge is 0.353 e. The van der Waals surface area contributed by atoms with Crippen LogP contribution in [0.3, 0.4) is 0 Å². The quantitative estimate of drug-likeness (QED) is 0.867. The van der Waals surface area contributed by atoms with E-state index in [1.807, 2.05) is 27.7 Å². The standard InChI is InChI=1S/C12H18ClNO3S2/c1-8(12(2,3)4)14-10(15)7-9-5-6-11(18-9)19(13,16)17/h5-6,8H,7H2,1-4H3,(H,14,15). The molecule has 108 valence electrons. The summed E-state index contributed by atoms with van der Waals surface area (Å²) in [5.41, 5.74) is -0.0181. The van der Waals surface area contributed by atoms with Gasteiger partial charge in [-0.15, -0.1) is 11.3 Å². The van der Waals surface area contributed by atoms with Crippen molar-refractivity contribution in [2.75, 3.05) is 0 Å². The molecule has 1 amide bonds. The molecular weight excluding hydrogens is 306 g/mol. The van der Waals surface area contributed by atoms with Gasteiger partial charge in [0.15, 0.2) is 0 Å². The summed E-state index contributed by atoms with van der Waals surface area (Å²) >= 11 is 1.02. The van der Waals surface area contributed by atoms with Crippen LogP contribution in [0.2, 0.25) is 0 Å². The average Bonchev–Trinajstić information content (AvgIpc) is 2.63. The van der Waals surface area contributed by atoms with Gasteiger partial charge in [-0.2, -0.15) is 0 Å². The van der Waals surface area contributed by atoms with Gasteiger partial charge in [-0.3, -0.25) is 4.79 Å². The number of carbonyl (C=O) groups excluding carboxylic acids is 1. The lowest BCUT2D eigenvalue weighted by molar-refractivity contribution is -0.121. The van der Waals surface area contributed by atoms with E-state index in [4.69, 9.17) is 10.7 Å². The van der Waals surface area contributed by atoms with Gasteiger partial charge in [0.05, 0.1) is 6.42 Å². The minimum atomic E-state index is -3.71. The summed E-state index contributed by atoms with van der Waals surface area (Å²) in [7, 11) is 1.53. The molecule has 1 aromatic rings. The molecule has 1 atom stereocenters. The lowest BCUT2D eigenvalue weighted by atomic mass is 9.88. The van der Waals surface area contributed by atoms with Crippen molar-refractivity contribution in [3.63, 3.8) is 0 Å². The van der Waals surface area contributed by atoms with E-state index in [9.17, 15) is 13.2 Å². The van der Waals surface area contributed by atoms with Crippen molar-refractivity contribution in [3.05, 3.63) is 17.0 Å². The van der Waals surface area contributed by atoms with Crippen LogP contribution in [0.15, 0.2) is 16.3 Å². The lowest BCUT2D eigenvalue weighted by Gasteiger charge is -2.28. The number of hydrogen-bond donors (Lipinski definition) is 1. The summed E-state index contributed by atoms with van der Waals surface area (Å²) in [6.45, 7) is 8.07. The molecule has 0 aromatic carbocycles. The van der Waals surface area contributed by atoms with Crippen molar-refractivity contribution in [1.82, 2.24) is 5.32 Å². The summed E-state index contributed by atoms with van der Waals surface area (Å²) in [5.74, 6) is -0.122. The van der Waals surface area contributed by atoms with E-state index in [0.29, 0.717) is 4.88 Å². The fourth-order valence-electron chi connectivity index (χ4n) is 1.25. The summed E-state index contributed by atoms with van der Waals surface area (Å²) in [6.07, 6.45) is 0.164. The van der Waals surface area contributed by atoms with E-state index in [0.717, 1.165) is 11.3 Å². The molecule has 1 rings (SSSR count). The van der Waals surface area contributed by atoms with Gasteiger partial charge in [0.1, 0.15) is 4.21 Å². The number of rotatable bonds is 4. The molecule has 1 unspecified atom stereocenters. The van der Waals surface area contributed by atoms with Crippen LogP contribution >= 0.6 is 22.0 Å². The van der Waals surface area contributed by atoms with E-state index < -0.39 is 9.05 Å². The van der Waals surface area contributed by atoms with Crippen LogP contribution in [0, 0.1) is 5.41 Å². The maximum atomic E-state index is 11.8. The number of thiophene rings is 1. The Kier molecular flexibility index (Phi) is 5.03. The molecule has 1 N–H and O–H groups in total. The smallest absolute Gasteiger partial charge is 0.270 e. The maximum Gasteiger partial charge on any atom is 0.270 e. The van der Waals surface area contributed by atoms with E-state index >= 15 is 0 Å². The first-order valence-electron chi connectivity index (χ1n) is 5.83. The van der Waals surface area contributed by atoms with Gasteiger partial charge in [-0.25, -0.2) is 8.42 Å². The van der Waals surface area contributed by atoms with Crippen LogP contribution in [-0.4, -0.2) is 20.4 Å². The summed E-state index contributed by atoms with van der Waals surface area (Å²) in [6, 6.07) is 3.07. The number of halogens is 1. The Morgan fingerprint density at radius 2 is 2.00 bits per heavy atom. The Bertz CT molecular complexity index is 558. The molecule has 0 saturated carbocycles. The predicted octanol–water partition coefficient (Wildman–Crippen LogP) is 2.77. The van der Waals surface area contributed by atoms with Crippen molar-refractivity contribution in [3.8, 4) is 0 Å². The molecule has 19 heavy (non-hydrogen) atoms. The van der Waals surface area contributed by atoms with Crippen molar-refractivity contribution < 1.29 is 13.2 Å². The van der Waals surface area contributed by atoms with E-state index in [-0.39, 0.29) is 28.0 Å². The van der Waals surface area contributed by atoms with Crippen molar-refractivity contribution in [2.24, 2.45) is 5.41 Å². The summed E-state index contributed by atoms with van der Waals surface area (Å²) in [4.78, 5) is 12.5. The van der Waals surface area contributed by atoms with Crippen molar-refractivity contribution >= 4 is 37.0 Å². The fraction of sp³-hybridized carbons (Fsp3) is 0.583. The van der Waals surface area contributed by atoms with Crippen LogP contribution in [0.4, 0.5) is 0 Å². The first-order valence-corrected chi connectivity index (χ1v) is 8.95. The molecular formula is C12H18ClNO3S2. The van der Waals surface area contributed by atoms with Crippen LogP contribution in [0.5, 0.6) is 0 Å². The molecule has 0 aliphatic rings. The highest BCUT2D eigenvalue weighted by Gasteiger charge is 2.22. The van der Waals surface area contributed by atoms with Gasteiger partial charge >= 0.3 is 0 Å². The topological polar surface area (TPSA) is 63.2 Å². The molecule has 1 aromatic heterocycles. The summed E-state index contributed by atoms with van der Waals surface area (Å²) < 4.78 is 22.3. The van der Waals surface area contributed by atoms with Crippen molar-refractivity contribution in [2.45, 2.75) is 44.4 Å². The molecule has 7 heteroatoms. The third-order valence-electron chi connectivity index (χ3n) is 2.89. The molecule has 0 radical (unpaired) electrons. The second-order valence-corrected chi connectivity index (χ2v) is 9.45. The normalized spacial score (nSPS) is 14.2. The monoisotopic (exact) mass is 323 g/mol. The molecule has 0 fully saturated rings. The highest BCUT2D eigenvalue weighted by Crippen LogP contribution is 2.25. The molecule has 4 nitrogen and oxygen atoms in total. The number of hydrogen-bond acceptors (Lipinski definition) is 4. The van der Waals surface area contributed by atoms with Crippen molar-refractivity contribution in [1.29, 1.82) is 0 Å². The second kappa shape index (κ2) is 5.81. The Balaban J connectivity index is 2.66. The first-order chi connectivity index (χ1) is 8.50. The highest BCUT2D eigenvalue weighted by atomic mass is 35.7. The Labute approximate surface area is 122 Å². The lowest BCUT2D eigenvalue weighted by Crippen LogP contribution is -2.41. The van der Waals surface area contributed by atoms with Crippen LogP contribution in [-0.2, 0) is 20.3 Å².